The van der Waals surface area contributed by atoms with Crippen LogP contribution in [0.2, 0.25) is 5.02 Å². The lowest BCUT2D eigenvalue weighted by molar-refractivity contribution is 0.455. The molecule has 5 heteroatoms. The van der Waals surface area contributed by atoms with Gasteiger partial charge in [-0.3, -0.25) is 0 Å². The second-order valence-electron chi connectivity index (χ2n) is 3.96. The summed E-state index contributed by atoms with van der Waals surface area (Å²) in [5.74, 6) is 1.99. The van der Waals surface area contributed by atoms with Gasteiger partial charge in [0, 0.05) is 18.1 Å². The number of aromatic nitrogens is 2. The van der Waals surface area contributed by atoms with Crippen molar-refractivity contribution in [2.24, 2.45) is 0 Å². The van der Waals surface area contributed by atoms with E-state index in [4.69, 9.17) is 16.3 Å². The Morgan fingerprint density at radius 1 is 1.11 bits per heavy atom. The van der Waals surface area contributed by atoms with Crippen molar-refractivity contribution in [2.45, 2.75) is 13.8 Å². The van der Waals surface area contributed by atoms with Crippen LogP contribution in [0, 0.1) is 13.8 Å². The van der Waals surface area contributed by atoms with Crippen LogP contribution in [0.5, 0.6) is 11.6 Å². The minimum absolute atomic E-state index is 0.503. The summed E-state index contributed by atoms with van der Waals surface area (Å²) in [7, 11) is 1.80. The first kappa shape index (κ1) is 12.6. The molecule has 1 heterocycles. The van der Waals surface area contributed by atoms with Crippen LogP contribution < -0.4 is 10.1 Å². The van der Waals surface area contributed by atoms with Crippen LogP contribution in [0.25, 0.3) is 0 Å². The first-order valence-corrected chi connectivity index (χ1v) is 5.92. The molecule has 0 saturated carbocycles. The maximum atomic E-state index is 5.98. The van der Waals surface area contributed by atoms with Gasteiger partial charge >= 0.3 is 0 Å². The van der Waals surface area contributed by atoms with Crippen LogP contribution in [0.3, 0.4) is 0 Å². The molecular formula is C13H14ClN3O. The van der Waals surface area contributed by atoms with Crippen LogP contribution in [-0.2, 0) is 0 Å². The zero-order chi connectivity index (χ0) is 13.1. The molecule has 0 unspecified atom stereocenters. The molecule has 2 aromatic rings. The summed E-state index contributed by atoms with van der Waals surface area (Å²) in [5.41, 5.74) is 1.95. The molecule has 0 aliphatic rings. The van der Waals surface area contributed by atoms with Gasteiger partial charge in [-0.15, -0.1) is 0 Å². The van der Waals surface area contributed by atoms with Crippen molar-refractivity contribution in [3.63, 3.8) is 0 Å². The second kappa shape index (κ2) is 5.23. The molecule has 0 fully saturated rings. The summed E-state index contributed by atoms with van der Waals surface area (Å²) in [6.07, 6.45) is 1.46. The van der Waals surface area contributed by atoms with Crippen LogP contribution in [-0.4, -0.2) is 17.0 Å². The van der Waals surface area contributed by atoms with Crippen molar-refractivity contribution < 1.29 is 4.74 Å². The van der Waals surface area contributed by atoms with Gasteiger partial charge in [0.05, 0.1) is 0 Å². The van der Waals surface area contributed by atoms with Crippen molar-refractivity contribution in [3.05, 3.63) is 40.7 Å². The molecule has 0 amide bonds. The van der Waals surface area contributed by atoms with E-state index in [1.807, 2.05) is 26.0 Å². The SMILES string of the molecule is CNc1cc(Oc2c(C)cc(Cl)cc2C)ncn1. The molecule has 1 aromatic carbocycles. The third kappa shape index (κ3) is 2.71. The predicted octanol–water partition coefficient (Wildman–Crippen LogP) is 3.58. The molecule has 2 rings (SSSR count). The lowest BCUT2D eigenvalue weighted by Gasteiger charge is -2.11. The third-order valence-electron chi connectivity index (χ3n) is 2.53. The Kier molecular flexibility index (Phi) is 3.67. The number of hydrogen-bond acceptors (Lipinski definition) is 4. The Morgan fingerprint density at radius 2 is 1.78 bits per heavy atom. The summed E-state index contributed by atoms with van der Waals surface area (Å²) in [5, 5.41) is 3.64. The van der Waals surface area contributed by atoms with E-state index in [1.165, 1.54) is 6.33 Å². The summed E-state index contributed by atoms with van der Waals surface area (Å²) < 4.78 is 5.79. The fourth-order valence-electron chi connectivity index (χ4n) is 1.69. The molecular weight excluding hydrogens is 250 g/mol. The largest absolute Gasteiger partial charge is 0.438 e. The number of halogens is 1. The van der Waals surface area contributed by atoms with E-state index in [0.717, 1.165) is 16.9 Å². The average Bonchev–Trinajstić information content (AvgIpc) is 2.34. The molecule has 0 spiro atoms. The molecule has 0 saturated heterocycles. The molecule has 0 atom stereocenters. The number of ether oxygens (including phenoxy) is 1. The van der Waals surface area contributed by atoms with Crippen LogP contribution in [0.4, 0.5) is 5.82 Å². The van der Waals surface area contributed by atoms with E-state index < -0.39 is 0 Å². The predicted molar refractivity (Wildman–Crippen MR) is 72.6 cm³/mol. The number of rotatable bonds is 3. The van der Waals surface area contributed by atoms with Gasteiger partial charge in [-0.2, -0.15) is 0 Å². The lowest BCUT2D eigenvalue weighted by atomic mass is 10.1. The molecule has 1 aromatic heterocycles. The molecule has 18 heavy (non-hydrogen) atoms. The fraction of sp³-hybridized carbons (Fsp3) is 0.231. The first-order valence-electron chi connectivity index (χ1n) is 5.54. The van der Waals surface area contributed by atoms with Crippen LogP contribution in [0.1, 0.15) is 11.1 Å². The first-order chi connectivity index (χ1) is 8.60. The highest BCUT2D eigenvalue weighted by atomic mass is 35.5. The van der Waals surface area contributed by atoms with E-state index in [1.54, 1.807) is 13.1 Å². The number of nitrogens with one attached hydrogen (secondary N) is 1. The fourth-order valence-corrected chi connectivity index (χ4v) is 2.02. The summed E-state index contributed by atoms with van der Waals surface area (Å²) in [4.78, 5) is 8.12. The summed E-state index contributed by atoms with van der Waals surface area (Å²) in [6.45, 7) is 3.91. The van der Waals surface area contributed by atoms with Gasteiger partial charge in [0.1, 0.15) is 17.9 Å². The van der Waals surface area contributed by atoms with Gasteiger partial charge in [-0.25, -0.2) is 9.97 Å². The van der Waals surface area contributed by atoms with Crippen molar-refractivity contribution >= 4 is 17.4 Å². The van der Waals surface area contributed by atoms with E-state index in [-0.39, 0.29) is 0 Å². The maximum Gasteiger partial charge on any atom is 0.224 e. The van der Waals surface area contributed by atoms with Gasteiger partial charge in [0.25, 0.3) is 0 Å². The number of anilines is 1. The van der Waals surface area contributed by atoms with E-state index >= 15 is 0 Å². The van der Waals surface area contributed by atoms with Gasteiger partial charge in [-0.1, -0.05) is 11.6 Å². The van der Waals surface area contributed by atoms with Crippen LogP contribution >= 0.6 is 11.6 Å². The van der Waals surface area contributed by atoms with Crippen molar-refractivity contribution in [2.75, 3.05) is 12.4 Å². The van der Waals surface area contributed by atoms with Gasteiger partial charge in [0.2, 0.25) is 5.88 Å². The maximum absolute atomic E-state index is 5.98. The Morgan fingerprint density at radius 3 is 2.39 bits per heavy atom. The third-order valence-corrected chi connectivity index (χ3v) is 2.75. The number of nitrogens with zero attached hydrogens (tertiary/aromatic N) is 2. The Balaban J connectivity index is 2.33. The molecule has 0 aliphatic carbocycles. The van der Waals surface area contributed by atoms with Gasteiger partial charge in [0.15, 0.2) is 0 Å². The van der Waals surface area contributed by atoms with Gasteiger partial charge < -0.3 is 10.1 Å². The van der Waals surface area contributed by atoms with Crippen molar-refractivity contribution in [1.29, 1.82) is 0 Å². The topological polar surface area (TPSA) is 47.0 Å². The molecule has 4 nitrogen and oxygen atoms in total. The minimum Gasteiger partial charge on any atom is -0.438 e. The van der Waals surface area contributed by atoms with Gasteiger partial charge in [-0.05, 0) is 37.1 Å². The normalized spacial score (nSPS) is 10.2. The van der Waals surface area contributed by atoms with Crippen LogP contribution in [0.15, 0.2) is 24.5 Å². The van der Waals surface area contributed by atoms with E-state index in [0.29, 0.717) is 16.7 Å². The standard InChI is InChI=1S/C13H14ClN3O/c1-8-4-10(14)5-9(2)13(8)18-12-6-11(15-3)16-7-17-12/h4-7H,1-3H3,(H,15,16,17). The highest BCUT2D eigenvalue weighted by Gasteiger charge is 2.08. The molecule has 0 radical (unpaired) electrons. The Bertz CT molecular complexity index is 549. The number of hydrogen-bond donors (Lipinski definition) is 1. The minimum atomic E-state index is 0.503. The van der Waals surface area contributed by atoms with E-state index in [2.05, 4.69) is 15.3 Å². The highest BCUT2D eigenvalue weighted by Crippen LogP contribution is 2.30. The Hall–Kier alpha value is -1.81. The molecule has 1 N–H and O–H groups in total. The monoisotopic (exact) mass is 263 g/mol. The molecule has 0 bridgehead atoms. The smallest absolute Gasteiger partial charge is 0.224 e. The average molecular weight is 264 g/mol. The second-order valence-corrected chi connectivity index (χ2v) is 4.40. The number of benzene rings is 1. The van der Waals surface area contributed by atoms with Crippen molar-refractivity contribution in [3.8, 4) is 11.6 Å². The van der Waals surface area contributed by atoms with Crippen molar-refractivity contribution in [1.82, 2.24) is 9.97 Å². The van der Waals surface area contributed by atoms with E-state index in [9.17, 15) is 0 Å². The zero-order valence-corrected chi connectivity index (χ0v) is 11.2. The Labute approximate surface area is 111 Å². The molecule has 94 valence electrons. The molecule has 0 aliphatic heterocycles. The summed E-state index contributed by atoms with van der Waals surface area (Å²) >= 11 is 5.98. The lowest BCUT2D eigenvalue weighted by Crippen LogP contribution is -1.97. The zero-order valence-electron chi connectivity index (χ0n) is 10.5. The quantitative estimate of drug-likeness (QED) is 0.919. The highest BCUT2D eigenvalue weighted by molar-refractivity contribution is 6.30. The summed E-state index contributed by atoms with van der Waals surface area (Å²) in [6, 6.07) is 5.47. The number of aryl methyl sites for hydroxylation is 2.